The molecule has 0 aliphatic heterocycles. The van der Waals surface area contributed by atoms with Crippen LogP contribution in [0.3, 0.4) is 0 Å². The number of halogens is 1. The highest BCUT2D eigenvalue weighted by atomic mass is 35.5. The highest BCUT2D eigenvalue weighted by Crippen LogP contribution is 2.38. The van der Waals surface area contributed by atoms with E-state index in [1.807, 2.05) is 0 Å². The first-order valence-corrected chi connectivity index (χ1v) is 8.60. The van der Waals surface area contributed by atoms with Crippen LogP contribution < -0.4 is 5.32 Å². The van der Waals surface area contributed by atoms with Crippen molar-refractivity contribution in [3.63, 3.8) is 0 Å². The number of aryl methyl sites for hydroxylation is 1. The molecular weight excluding hydrogens is 278 g/mol. The lowest BCUT2D eigenvalue weighted by Gasteiger charge is -2.34. The number of fused-ring (bicyclic) bond motifs is 1. The van der Waals surface area contributed by atoms with Crippen molar-refractivity contribution in [2.75, 3.05) is 6.54 Å². The first kappa shape index (κ1) is 13.9. The molecule has 2 nitrogen and oxygen atoms in total. The highest BCUT2D eigenvalue weighted by molar-refractivity contribution is 7.16. The second kappa shape index (κ2) is 5.72. The molecule has 0 amide bonds. The van der Waals surface area contributed by atoms with E-state index >= 15 is 0 Å². The maximum absolute atomic E-state index is 10.6. The monoisotopic (exact) mass is 299 g/mol. The number of nitrogens with one attached hydrogen (secondary N) is 1. The summed E-state index contributed by atoms with van der Waals surface area (Å²) in [5.74, 6) is 0. The van der Waals surface area contributed by atoms with Gasteiger partial charge < -0.3 is 10.4 Å². The van der Waals surface area contributed by atoms with Gasteiger partial charge in [-0.2, -0.15) is 0 Å². The van der Waals surface area contributed by atoms with Gasteiger partial charge in [-0.1, -0.05) is 30.9 Å². The molecule has 2 N–H and O–H groups in total. The van der Waals surface area contributed by atoms with E-state index in [2.05, 4.69) is 11.4 Å². The Morgan fingerprint density at radius 2 is 2.11 bits per heavy atom. The summed E-state index contributed by atoms with van der Waals surface area (Å²) in [5.41, 5.74) is 0.899. The van der Waals surface area contributed by atoms with Crippen molar-refractivity contribution >= 4 is 22.9 Å². The molecule has 1 heterocycles. The van der Waals surface area contributed by atoms with Gasteiger partial charge in [0.2, 0.25) is 0 Å². The molecular formula is C15H22ClNOS. The zero-order chi connectivity index (χ0) is 13.3. The molecule has 0 bridgehead atoms. The number of hydrogen-bond acceptors (Lipinski definition) is 3. The van der Waals surface area contributed by atoms with E-state index in [1.165, 1.54) is 36.1 Å². The van der Waals surface area contributed by atoms with Crippen molar-refractivity contribution in [3.05, 3.63) is 20.8 Å². The summed E-state index contributed by atoms with van der Waals surface area (Å²) < 4.78 is 0.898. The summed E-state index contributed by atoms with van der Waals surface area (Å²) in [7, 11) is 0. The Bertz CT molecular complexity index is 439. The van der Waals surface area contributed by atoms with Crippen LogP contribution in [0.5, 0.6) is 0 Å². The lowest BCUT2D eigenvalue weighted by molar-refractivity contribution is 0.00217. The zero-order valence-electron chi connectivity index (χ0n) is 11.3. The van der Waals surface area contributed by atoms with Crippen molar-refractivity contribution in [3.8, 4) is 0 Å². The molecule has 0 aromatic carbocycles. The predicted octanol–water partition coefficient (Wildman–Crippen LogP) is 4.06. The molecule has 1 aromatic heterocycles. The van der Waals surface area contributed by atoms with Crippen LogP contribution in [0.15, 0.2) is 6.07 Å². The van der Waals surface area contributed by atoms with Gasteiger partial charge in [-0.3, -0.25) is 0 Å². The molecule has 1 atom stereocenters. The van der Waals surface area contributed by atoms with Gasteiger partial charge in [-0.05, 0) is 43.7 Å². The highest BCUT2D eigenvalue weighted by Gasteiger charge is 2.31. The second-order valence-corrected chi connectivity index (χ2v) is 7.81. The first-order chi connectivity index (χ1) is 9.16. The van der Waals surface area contributed by atoms with Gasteiger partial charge in [0, 0.05) is 17.5 Å². The quantitative estimate of drug-likeness (QED) is 0.882. The maximum Gasteiger partial charge on any atom is 0.0934 e. The number of rotatable bonds is 3. The van der Waals surface area contributed by atoms with E-state index in [0.29, 0.717) is 6.04 Å². The molecule has 1 aromatic rings. The van der Waals surface area contributed by atoms with Gasteiger partial charge in [-0.25, -0.2) is 0 Å². The number of thiophene rings is 1. The van der Waals surface area contributed by atoms with Crippen LogP contribution in [0.25, 0.3) is 0 Å². The summed E-state index contributed by atoms with van der Waals surface area (Å²) in [6.45, 7) is 0.727. The van der Waals surface area contributed by atoms with Gasteiger partial charge in [0.05, 0.1) is 9.94 Å². The van der Waals surface area contributed by atoms with Gasteiger partial charge in [-0.15, -0.1) is 11.3 Å². The largest absolute Gasteiger partial charge is 0.389 e. The molecule has 0 radical (unpaired) electrons. The number of hydrogen-bond donors (Lipinski definition) is 2. The fourth-order valence-electron chi connectivity index (χ4n) is 3.43. The lowest BCUT2D eigenvalue weighted by atomic mass is 9.84. The van der Waals surface area contributed by atoms with Crippen LogP contribution in [0.4, 0.5) is 0 Å². The van der Waals surface area contributed by atoms with Gasteiger partial charge in [0.25, 0.3) is 0 Å². The summed E-state index contributed by atoms with van der Waals surface area (Å²) in [4.78, 5) is 1.43. The van der Waals surface area contributed by atoms with Gasteiger partial charge in [0.15, 0.2) is 0 Å². The van der Waals surface area contributed by atoms with E-state index < -0.39 is 5.60 Å². The van der Waals surface area contributed by atoms with Crippen molar-refractivity contribution in [1.82, 2.24) is 5.32 Å². The normalized spacial score (nSPS) is 26.1. The average Bonchev–Trinajstić information content (AvgIpc) is 2.78. The Balaban J connectivity index is 1.64. The Labute approximate surface area is 124 Å². The predicted molar refractivity (Wildman–Crippen MR) is 81.0 cm³/mol. The summed E-state index contributed by atoms with van der Waals surface area (Å²) >= 11 is 7.85. The van der Waals surface area contributed by atoms with Crippen LogP contribution >= 0.6 is 22.9 Å². The fraction of sp³-hybridized carbons (Fsp3) is 0.733. The molecule has 2 aliphatic rings. The molecule has 1 unspecified atom stereocenters. The van der Waals surface area contributed by atoms with E-state index in [9.17, 15) is 5.11 Å². The summed E-state index contributed by atoms with van der Waals surface area (Å²) in [6, 6.07) is 2.50. The topological polar surface area (TPSA) is 32.3 Å². The van der Waals surface area contributed by atoms with Gasteiger partial charge >= 0.3 is 0 Å². The molecule has 0 spiro atoms. The molecule has 4 heteroatoms. The average molecular weight is 300 g/mol. The molecule has 1 saturated carbocycles. The minimum Gasteiger partial charge on any atom is -0.389 e. The Morgan fingerprint density at radius 3 is 2.89 bits per heavy atom. The molecule has 2 aliphatic carbocycles. The molecule has 3 rings (SSSR count). The second-order valence-electron chi connectivity index (χ2n) is 6.04. The van der Waals surface area contributed by atoms with Crippen molar-refractivity contribution in [2.24, 2.45) is 0 Å². The van der Waals surface area contributed by atoms with Crippen LogP contribution in [-0.2, 0) is 6.42 Å². The SMILES string of the molecule is OC1(CNC2CCCc3sc(Cl)cc32)CCCCC1. The molecule has 19 heavy (non-hydrogen) atoms. The van der Waals surface area contributed by atoms with Crippen molar-refractivity contribution in [2.45, 2.75) is 63.0 Å². The van der Waals surface area contributed by atoms with Crippen LogP contribution in [0.2, 0.25) is 4.34 Å². The van der Waals surface area contributed by atoms with E-state index in [-0.39, 0.29) is 0 Å². The lowest BCUT2D eigenvalue weighted by Crippen LogP contribution is -2.43. The fourth-order valence-corrected chi connectivity index (χ4v) is 4.82. The first-order valence-electron chi connectivity index (χ1n) is 7.40. The molecule has 106 valence electrons. The van der Waals surface area contributed by atoms with E-state index in [0.717, 1.165) is 36.6 Å². The minimum absolute atomic E-state index is 0.387. The summed E-state index contributed by atoms with van der Waals surface area (Å²) in [6.07, 6.45) is 9.05. The summed E-state index contributed by atoms with van der Waals surface area (Å²) in [5, 5.41) is 14.2. The third-order valence-electron chi connectivity index (χ3n) is 4.55. The number of aliphatic hydroxyl groups is 1. The minimum atomic E-state index is -0.477. The third-order valence-corrected chi connectivity index (χ3v) is 5.89. The third kappa shape index (κ3) is 3.15. The Morgan fingerprint density at radius 1 is 1.32 bits per heavy atom. The zero-order valence-corrected chi connectivity index (χ0v) is 12.8. The maximum atomic E-state index is 10.6. The smallest absolute Gasteiger partial charge is 0.0934 e. The van der Waals surface area contributed by atoms with Gasteiger partial charge in [0.1, 0.15) is 0 Å². The molecule has 1 fully saturated rings. The van der Waals surface area contributed by atoms with Crippen molar-refractivity contribution < 1.29 is 5.11 Å². The molecule has 0 saturated heterocycles. The van der Waals surface area contributed by atoms with E-state index in [4.69, 9.17) is 11.6 Å². The Kier molecular flexibility index (Phi) is 4.18. The van der Waals surface area contributed by atoms with Crippen LogP contribution in [0, 0.1) is 0 Å². The van der Waals surface area contributed by atoms with Crippen LogP contribution in [0.1, 0.15) is 61.4 Å². The van der Waals surface area contributed by atoms with Crippen LogP contribution in [-0.4, -0.2) is 17.3 Å². The standard InChI is InChI=1S/C15H22ClNOS/c16-14-9-11-12(5-4-6-13(11)19-14)17-10-15(18)7-2-1-3-8-15/h9,12,17-18H,1-8,10H2. The van der Waals surface area contributed by atoms with E-state index in [1.54, 1.807) is 11.3 Å². The van der Waals surface area contributed by atoms with Crippen molar-refractivity contribution in [1.29, 1.82) is 0 Å². The Hall–Kier alpha value is -0.0900.